The standard InChI is InChI=1S/C22H25F3N4O3/c1-21(2)10-15-17(16(30)11-21)19(22(23,24)25)28-29(15)14-5-3-4-13(20(26)31)18(14)27-12-6-8-32-9-7-12/h3-5,12,27H,6-11H2,1-2H3,(H2,26,31). The third-order valence-electron chi connectivity index (χ3n) is 5.92. The van der Waals surface area contributed by atoms with E-state index in [1.54, 1.807) is 12.1 Å². The molecule has 1 aliphatic heterocycles. The summed E-state index contributed by atoms with van der Waals surface area (Å²) in [5.74, 6) is -1.30. The molecule has 3 N–H and O–H groups in total. The molecule has 2 heterocycles. The van der Waals surface area contributed by atoms with Crippen LogP contribution >= 0.6 is 0 Å². The number of alkyl halides is 3. The number of para-hydroxylation sites is 1. The molecule has 0 radical (unpaired) electrons. The maximum Gasteiger partial charge on any atom is 0.435 e. The first kappa shape index (κ1) is 22.3. The van der Waals surface area contributed by atoms with Gasteiger partial charge >= 0.3 is 6.18 Å². The predicted molar refractivity (Wildman–Crippen MR) is 111 cm³/mol. The zero-order chi connectivity index (χ0) is 23.3. The summed E-state index contributed by atoms with van der Waals surface area (Å²) in [6.45, 7) is 4.73. The Hall–Kier alpha value is -2.88. The van der Waals surface area contributed by atoms with E-state index in [9.17, 15) is 22.8 Å². The molecule has 1 amide bonds. The van der Waals surface area contributed by atoms with Crippen LogP contribution in [0.5, 0.6) is 0 Å². The molecule has 1 fully saturated rings. The van der Waals surface area contributed by atoms with Crippen molar-refractivity contribution in [1.29, 1.82) is 0 Å². The quantitative estimate of drug-likeness (QED) is 0.740. The van der Waals surface area contributed by atoms with Gasteiger partial charge in [-0.2, -0.15) is 18.3 Å². The highest BCUT2D eigenvalue weighted by atomic mass is 19.4. The van der Waals surface area contributed by atoms with Gasteiger partial charge in [-0.25, -0.2) is 4.68 Å². The second-order valence-electron chi connectivity index (χ2n) is 9.12. The molecule has 0 atom stereocenters. The van der Waals surface area contributed by atoms with Crippen LogP contribution in [0.4, 0.5) is 18.9 Å². The third kappa shape index (κ3) is 4.11. The Morgan fingerprint density at radius 2 is 1.94 bits per heavy atom. The van der Waals surface area contributed by atoms with E-state index in [0.717, 1.165) is 4.68 Å². The summed E-state index contributed by atoms with van der Waals surface area (Å²) in [6.07, 6.45) is -3.22. The molecule has 32 heavy (non-hydrogen) atoms. The van der Waals surface area contributed by atoms with Gasteiger partial charge in [0, 0.05) is 25.7 Å². The van der Waals surface area contributed by atoms with Gasteiger partial charge in [0.2, 0.25) is 0 Å². The summed E-state index contributed by atoms with van der Waals surface area (Å²) in [6, 6.07) is 4.59. The molecular formula is C22H25F3N4O3. The Bertz CT molecular complexity index is 1070. The molecule has 0 saturated carbocycles. The number of Topliss-reactive ketones (excluding diaryl/α,β-unsaturated/α-hetero) is 1. The number of nitrogens with one attached hydrogen (secondary N) is 1. The Balaban J connectivity index is 1.93. The van der Waals surface area contributed by atoms with Crippen LogP contribution < -0.4 is 11.1 Å². The highest BCUT2D eigenvalue weighted by Gasteiger charge is 2.45. The van der Waals surface area contributed by atoms with Gasteiger partial charge in [-0.1, -0.05) is 19.9 Å². The van der Waals surface area contributed by atoms with E-state index < -0.39 is 34.5 Å². The van der Waals surface area contributed by atoms with Gasteiger partial charge in [0.05, 0.1) is 28.2 Å². The second-order valence-corrected chi connectivity index (χ2v) is 9.12. The van der Waals surface area contributed by atoms with E-state index in [2.05, 4.69) is 10.4 Å². The molecule has 1 aliphatic carbocycles. The van der Waals surface area contributed by atoms with Crippen LogP contribution in [0.15, 0.2) is 18.2 Å². The predicted octanol–water partition coefficient (Wildman–Crippen LogP) is 3.74. The molecular weight excluding hydrogens is 425 g/mol. The van der Waals surface area contributed by atoms with E-state index in [-0.39, 0.29) is 35.8 Å². The topological polar surface area (TPSA) is 99.2 Å². The van der Waals surface area contributed by atoms with Crippen LogP contribution in [-0.2, 0) is 17.3 Å². The summed E-state index contributed by atoms with van der Waals surface area (Å²) < 4.78 is 48.0. The number of carbonyl (C=O) groups excluding carboxylic acids is 2. The Morgan fingerprint density at radius 1 is 1.25 bits per heavy atom. The van der Waals surface area contributed by atoms with Crippen molar-refractivity contribution in [1.82, 2.24) is 9.78 Å². The lowest BCUT2D eigenvalue weighted by atomic mass is 9.75. The average molecular weight is 450 g/mol. The van der Waals surface area contributed by atoms with Gasteiger partial charge in [-0.3, -0.25) is 9.59 Å². The average Bonchev–Trinajstić information content (AvgIpc) is 3.07. The molecule has 1 aromatic carbocycles. The van der Waals surface area contributed by atoms with Crippen LogP contribution in [-0.4, -0.2) is 40.7 Å². The molecule has 4 rings (SSSR count). The van der Waals surface area contributed by atoms with E-state index in [4.69, 9.17) is 10.5 Å². The van der Waals surface area contributed by atoms with Gasteiger partial charge in [0.25, 0.3) is 5.91 Å². The first-order valence-corrected chi connectivity index (χ1v) is 10.5. The molecule has 0 bridgehead atoms. The van der Waals surface area contributed by atoms with Gasteiger partial charge in [0.1, 0.15) is 0 Å². The Labute approximate surface area is 183 Å². The number of hydrogen-bond donors (Lipinski definition) is 2. The number of aromatic nitrogens is 2. The van der Waals surface area contributed by atoms with E-state index in [0.29, 0.717) is 31.7 Å². The van der Waals surface area contributed by atoms with Crippen LogP contribution in [0.2, 0.25) is 0 Å². The fourth-order valence-corrected chi connectivity index (χ4v) is 4.47. The van der Waals surface area contributed by atoms with Crippen molar-refractivity contribution in [2.75, 3.05) is 18.5 Å². The molecule has 0 spiro atoms. The molecule has 2 aliphatic rings. The van der Waals surface area contributed by atoms with Gasteiger partial charge in [-0.05, 0) is 36.8 Å². The first-order valence-electron chi connectivity index (χ1n) is 10.5. The van der Waals surface area contributed by atoms with Gasteiger partial charge in [0.15, 0.2) is 11.5 Å². The number of halogens is 3. The van der Waals surface area contributed by atoms with Crippen molar-refractivity contribution in [2.24, 2.45) is 11.1 Å². The molecule has 10 heteroatoms. The van der Waals surface area contributed by atoms with Crippen molar-refractivity contribution in [3.8, 4) is 5.69 Å². The second kappa shape index (κ2) is 7.91. The Morgan fingerprint density at radius 3 is 2.56 bits per heavy atom. The summed E-state index contributed by atoms with van der Waals surface area (Å²) in [4.78, 5) is 24.9. The van der Waals surface area contributed by atoms with Crippen LogP contribution in [0, 0.1) is 5.41 Å². The van der Waals surface area contributed by atoms with Crippen molar-refractivity contribution in [3.63, 3.8) is 0 Å². The van der Waals surface area contributed by atoms with Crippen molar-refractivity contribution >= 4 is 17.4 Å². The van der Waals surface area contributed by atoms with Gasteiger partial charge < -0.3 is 15.8 Å². The lowest BCUT2D eigenvalue weighted by Gasteiger charge is -2.30. The highest BCUT2D eigenvalue weighted by Crippen LogP contribution is 2.42. The number of fused-ring (bicyclic) bond motifs is 1. The van der Waals surface area contributed by atoms with Crippen LogP contribution in [0.1, 0.15) is 65.2 Å². The van der Waals surface area contributed by atoms with Crippen molar-refractivity contribution in [2.45, 2.75) is 51.7 Å². The number of primary amides is 1. The normalized spacial score (nSPS) is 19.0. The van der Waals surface area contributed by atoms with Crippen LogP contribution in [0.3, 0.4) is 0 Å². The minimum absolute atomic E-state index is 0.00325. The lowest BCUT2D eigenvalue weighted by Crippen LogP contribution is -2.31. The van der Waals surface area contributed by atoms with Gasteiger partial charge in [-0.15, -0.1) is 0 Å². The van der Waals surface area contributed by atoms with Crippen molar-refractivity contribution < 1.29 is 27.5 Å². The van der Waals surface area contributed by atoms with E-state index >= 15 is 0 Å². The summed E-state index contributed by atoms with van der Waals surface area (Å²) in [7, 11) is 0. The van der Waals surface area contributed by atoms with E-state index in [1.165, 1.54) is 6.07 Å². The fourth-order valence-electron chi connectivity index (χ4n) is 4.47. The minimum Gasteiger partial charge on any atom is -0.381 e. The fraction of sp³-hybridized carbons (Fsp3) is 0.500. The number of hydrogen-bond acceptors (Lipinski definition) is 5. The number of rotatable bonds is 4. The number of nitrogens with two attached hydrogens (primary N) is 1. The molecule has 1 aromatic heterocycles. The number of carbonyl (C=O) groups is 2. The number of amides is 1. The first-order chi connectivity index (χ1) is 15.0. The number of ketones is 1. The smallest absolute Gasteiger partial charge is 0.381 e. The molecule has 7 nitrogen and oxygen atoms in total. The SMILES string of the molecule is CC1(C)CC(=O)c2c(C(F)(F)F)nn(-c3cccc(C(N)=O)c3NC3CCOCC3)c2C1. The maximum absolute atomic E-state index is 13.8. The third-order valence-corrected chi connectivity index (χ3v) is 5.92. The number of ether oxygens (including phenoxy) is 1. The number of anilines is 1. The highest BCUT2D eigenvalue weighted by molar-refractivity contribution is 6.02. The zero-order valence-corrected chi connectivity index (χ0v) is 17.9. The van der Waals surface area contributed by atoms with E-state index in [1.807, 2.05) is 13.8 Å². The summed E-state index contributed by atoms with van der Waals surface area (Å²) >= 11 is 0. The monoisotopic (exact) mass is 450 g/mol. The summed E-state index contributed by atoms with van der Waals surface area (Å²) in [5.41, 5.74) is 4.36. The summed E-state index contributed by atoms with van der Waals surface area (Å²) in [5, 5.41) is 7.13. The number of nitrogens with zero attached hydrogens (tertiary/aromatic N) is 2. The zero-order valence-electron chi connectivity index (χ0n) is 17.9. The number of benzene rings is 1. The molecule has 2 aromatic rings. The maximum atomic E-state index is 13.8. The minimum atomic E-state index is -4.79. The molecule has 0 unspecified atom stereocenters. The largest absolute Gasteiger partial charge is 0.435 e. The molecule has 1 saturated heterocycles. The Kier molecular flexibility index (Phi) is 5.52. The molecule has 172 valence electrons. The van der Waals surface area contributed by atoms with Crippen molar-refractivity contribution in [3.05, 3.63) is 40.7 Å². The van der Waals surface area contributed by atoms with Crippen LogP contribution in [0.25, 0.3) is 5.69 Å². The lowest BCUT2D eigenvalue weighted by molar-refractivity contribution is -0.141.